The number of rotatable bonds is 6. The van der Waals surface area contributed by atoms with Crippen molar-refractivity contribution in [1.29, 1.82) is 0 Å². The molecule has 0 unspecified atom stereocenters. The van der Waals surface area contributed by atoms with Crippen molar-refractivity contribution in [2.45, 2.75) is 65.7 Å². The Balaban J connectivity index is 3.20. The van der Waals surface area contributed by atoms with Crippen molar-refractivity contribution in [3.63, 3.8) is 0 Å². The second-order valence-electron chi connectivity index (χ2n) is 8.89. The Morgan fingerprint density at radius 1 is 1.03 bits per heavy atom. The summed E-state index contributed by atoms with van der Waals surface area (Å²) in [4.78, 5) is 31.0. The molecular formula is C22H36N4O5. The summed E-state index contributed by atoms with van der Waals surface area (Å²) in [7, 11) is 1.59. The van der Waals surface area contributed by atoms with Crippen molar-refractivity contribution < 1.29 is 23.8 Å². The van der Waals surface area contributed by atoms with E-state index in [1.807, 2.05) is 24.3 Å². The van der Waals surface area contributed by atoms with Crippen LogP contribution in [0.3, 0.4) is 0 Å². The number of aliphatic imine (C=N–C) groups is 1. The largest absolute Gasteiger partial charge is 0.497 e. The fourth-order valence-electron chi connectivity index (χ4n) is 2.33. The smallest absolute Gasteiger partial charge is 0.417 e. The van der Waals surface area contributed by atoms with Crippen LogP contribution in [0.2, 0.25) is 0 Å². The van der Waals surface area contributed by atoms with Crippen LogP contribution in [0.15, 0.2) is 29.3 Å². The molecule has 0 saturated carbocycles. The van der Waals surface area contributed by atoms with E-state index in [9.17, 15) is 9.59 Å². The lowest BCUT2D eigenvalue weighted by molar-refractivity contribution is 0.0357. The van der Waals surface area contributed by atoms with Gasteiger partial charge in [0, 0.05) is 6.54 Å². The summed E-state index contributed by atoms with van der Waals surface area (Å²) in [6.45, 7) is 11.4. The van der Waals surface area contributed by atoms with Crippen molar-refractivity contribution in [1.82, 2.24) is 10.2 Å². The van der Waals surface area contributed by atoms with Crippen molar-refractivity contribution in [2.24, 2.45) is 10.7 Å². The molecule has 3 N–H and O–H groups in total. The Hall–Kier alpha value is -2.81. The molecule has 1 aromatic carbocycles. The van der Waals surface area contributed by atoms with Crippen molar-refractivity contribution in [3.05, 3.63) is 29.8 Å². The van der Waals surface area contributed by atoms with Crippen molar-refractivity contribution in [2.75, 3.05) is 20.2 Å². The van der Waals surface area contributed by atoms with Gasteiger partial charge in [-0.05, 0) is 72.2 Å². The Labute approximate surface area is 184 Å². The van der Waals surface area contributed by atoms with E-state index in [2.05, 4.69) is 10.3 Å². The number of amides is 2. The zero-order valence-corrected chi connectivity index (χ0v) is 19.7. The zero-order chi connectivity index (χ0) is 23.7. The van der Waals surface area contributed by atoms with Gasteiger partial charge in [-0.25, -0.2) is 19.5 Å². The summed E-state index contributed by atoms with van der Waals surface area (Å²) < 4.78 is 16.0. The van der Waals surface area contributed by atoms with Gasteiger partial charge in [-0.15, -0.1) is 0 Å². The van der Waals surface area contributed by atoms with Gasteiger partial charge in [0.25, 0.3) is 0 Å². The number of nitrogens with two attached hydrogens (primary N) is 1. The molecule has 2 amide bonds. The molecule has 174 valence electrons. The average molecular weight is 437 g/mol. The molecule has 0 saturated heterocycles. The van der Waals surface area contributed by atoms with Crippen molar-refractivity contribution in [3.8, 4) is 5.75 Å². The number of benzene rings is 1. The number of ether oxygens (including phenoxy) is 3. The minimum atomic E-state index is -0.720. The van der Waals surface area contributed by atoms with Gasteiger partial charge in [-0.2, -0.15) is 0 Å². The molecule has 0 bridgehead atoms. The van der Waals surface area contributed by atoms with Gasteiger partial charge in [0.05, 0.1) is 13.7 Å². The van der Waals surface area contributed by atoms with Gasteiger partial charge in [0.1, 0.15) is 17.0 Å². The second kappa shape index (κ2) is 11.5. The van der Waals surface area contributed by atoms with E-state index in [0.29, 0.717) is 13.0 Å². The molecule has 0 aliphatic heterocycles. The lowest BCUT2D eigenvalue weighted by atomic mass is 10.2. The lowest BCUT2D eigenvalue weighted by Crippen LogP contribution is -2.50. The minimum absolute atomic E-state index is 0.0350. The second-order valence-corrected chi connectivity index (χ2v) is 8.89. The molecule has 9 heteroatoms. The maximum Gasteiger partial charge on any atom is 0.417 e. The number of hydrogen-bond acceptors (Lipinski definition) is 7. The number of alkyl carbamates (subject to hydrolysis) is 1. The molecule has 0 fully saturated rings. The first-order valence-corrected chi connectivity index (χ1v) is 10.2. The van der Waals surface area contributed by atoms with E-state index >= 15 is 0 Å². The topological polar surface area (TPSA) is 115 Å². The SMILES string of the molecule is COc1ccc(CN=C(NC(=O)OC(C)(C)C)N(CCCN)C(=O)OC(C)(C)C)cc1. The van der Waals surface area contributed by atoms with Gasteiger partial charge in [-0.1, -0.05) is 12.1 Å². The van der Waals surface area contributed by atoms with Crippen LogP contribution >= 0.6 is 0 Å². The first-order chi connectivity index (χ1) is 14.3. The Bertz CT molecular complexity index is 749. The van der Waals surface area contributed by atoms with Gasteiger partial charge in [-0.3, -0.25) is 5.32 Å². The molecule has 0 atom stereocenters. The van der Waals surface area contributed by atoms with Gasteiger partial charge in [0.15, 0.2) is 0 Å². The van der Waals surface area contributed by atoms with Crippen LogP contribution in [-0.4, -0.2) is 54.4 Å². The van der Waals surface area contributed by atoms with E-state index in [4.69, 9.17) is 19.9 Å². The number of carbonyl (C=O) groups is 2. The third kappa shape index (κ3) is 10.7. The maximum absolute atomic E-state index is 12.8. The first-order valence-electron chi connectivity index (χ1n) is 10.2. The summed E-state index contributed by atoms with van der Waals surface area (Å²) in [5.74, 6) is 0.755. The maximum atomic E-state index is 12.8. The third-order valence-corrected chi connectivity index (χ3v) is 3.64. The highest BCUT2D eigenvalue weighted by molar-refractivity contribution is 6.01. The predicted molar refractivity (Wildman–Crippen MR) is 120 cm³/mol. The first kappa shape index (κ1) is 26.2. The van der Waals surface area contributed by atoms with Crippen molar-refractivity contribution >= 4 is 18.1 Å². The van der Waals surface area contributed by atoms with E-state index in [1.54, 1.807) is 48.7 Å². The third-order valence-electron chi connectivity index (χ3n) is 3.64. The molecule has 9 nitrogen and oxygen atoms in total. The van der Waals surface area contributed by atoms with Crippen LogP contribution < -0.4 is 15.8 Å². The Morgan fingerprint density at radius 2 is 1.61 bits per heavy atom. The predicted octanol–water partition coefficient (Wildman–Crippen LogP) is 3.66. The number of guanidine groups is 1. The summed E-state index contributed by atoms with van der Waals surface area (Å²) >= 11 is 0. The zero-order valence-electron chi connectivity index (χ0n) is 19.7. The molecular weight excluding hydrogens is 400 g/mol. The normalized spacial score (nSPS) is 12.2. The van der Waals surface area contributed by atoms with E-state index in [0.717, 1.165) is 11.3 Å². The van der Waals surface area contributed by atoms with Crippen LogP contribution in [0.4, 0.5) is 9.59 Å². The minimum Gasteiger partial charge on any atom is -0.497 e. The van der Waals surface area contributed by atoms with Crippen LogP contribution in [-0.2, 0) is 16.0 Å². The molecule has 1 rings (SSSR count). The highest BCUT2D eigenvalue weighted by Gasteiger charge is 2.28. The molecule has 0 aliphatic carbocycles. The van der Waals surface area contributed by atoms with Crippen LogP contribution in [0.1, 0.15) is 53.5 Å². The number of carbonyl (C=O) groups excluding carboxylic acids is 2. The summed E-state index contributed by atoms with van der Waals surface area (Å²) in [6.07, 6.45) is -0.857. The van der Waals surface area contributed by atoms with Gasteiger partial charge in [0.2, 0.25) is 5.96 Å². The summed E-state index contributed by atoms with van der Waals surface area (Å²) in [5.41, 5.74) is 5.08. The highest BCUT2D eigenvalue weighted by atomic mass is 16.6. The standard InChI is InChI=1S/C22H36N4O5/c1-21(2,3)30-19(27)25-18(24-15-16-9-11-17(29-7)12-10-16)26(14-8-13-23)20(28)31-22(4,5)6/h9-12H,8,13-15,23H2,1-7H3,(H,24,25,27). The fraction of sp³-hybridized carbons (Fsp3) is 0.591. The number of nitrogens with one attached hydrogen (secondary N) is 1. The van der Waals surface area contributed by atoms with E-state index in [1.165, 1.54) is 4.90 Å². The van der Waals surface area contributed by atoms with Crippen LogP contribution in [0, 0.1) is 0 Å². The summed E-state index contributed by atoms with van der Waals surface area (Å²) in [6, 6.07) is 7.33. The molecule has 1 aromatic rings. The molecule has 0 spiro atoms. The highest BCUT2D eigenvalue weighted by Crippen LogP contribution is 2.14. The fourth-order valence-corrected chi connectivity index (χ4v) is 2.33. The van der Waals surface area contributed by atoms with Crippen LogP contribution in [0.5, 0.6) is 5.75 Å². The van der Waals surface area contributed by atoms with Crippen LogP contribution in [0.25, 0.3) is 0 Å². The molecule has 0 aromatic heterocycles. The molecule has 0 radical (unpaired) electrons. The Kier molecular flexibility index (Phi) is 9.77. The monoisotopic (exact) mass is 436 g/mol. The Morgan fingerprint density at radius 3 is 2.10 bits per heavy atom. The van der Waals surface area contributed by atoms with Gasteiger partial charge < -0.3 is 19.9 Å². The quantitative estimate of drug-likeness (QED) is 0.519. The van der Waals surface area contributed by atoms with E-state index < -0.39 is 23.4 Å². The van der Waals surface area contributed by atoms with Gasteiger partial charge >= 0.3 is 12.2 Å². The molecule has 31 heavy (non-hydrogen) atoms. The number of nitrogens with zero attached hydrogens (tertiary/aromatic N) is 2. The van der Waals surface area contributed by atoms with E-state index in [-0.39, 0.29) is 19.0 Å². The molecule has 0 heterocycles. The number of hydrogen-bond donors (Lipinski definition) is 2. The number of methoxy groups -OCH3 is 1. The summed E-state index contributed by atoms with van der Waals surface area (Å²) in [5, 5.41) is 2.59. The molecule has 0 aliphatic rings. The lowest BCUT2D eigenvalue weighted by Gasteiger charge is -2.29. The average Bonchev–Trinajstić information content (AvgIpc) is 2.63.